The summed E-state index contributed by atoms with van der Waals surface area (Å²) >= 11 is 0. The maximum atomic E-state index is 6.08. The fourth-order valence-corrected chi connectivity index (χ4v) is 10.3. The van der Waals surface area contributed by atoms with Crippen molar-refractivity contribution in [1.29, 1.82) is 0 Å². The maximum absolute atomic E-state index is 6.08. The van der Waals surface area contributed by atoms with Crippen LogP contribution in [0.25, 0.3) is 0 Å². The molecule has 14 heteroatoms. The number of allylic oxidation sites excluding steroid dienone is 22. The zero-order chi connectivity index (χ0) is 57.8. The van der Waals surface area contributed by atoms with Crippen LogP contribution < -0.4 is 0 Å². The third-order valence-electron chi connectivity index (χ3n) is 11.5. The average molecular weight is 1230 g/mol. The molecule has 0 aliphatic heterocycles. The molecule has 0 spiro atoms. The fraction of sp³-hybridized carbons (Fsp3) is 0.500. The van der Waals surface area contributed by atoms with Gasteiger partial charge in [0.25, 0.3) is 0 Å². The predicted octanol–water partition coefficient (Wildman–Crippen LogP) is 21.6. The van der Waals surface area contributed by atoms with Gasteiger partial charge in [0.15, 0.2) is 0 Å². The van der Waals surface area contributed by atoms with Crippen molar-refractivity contribution in [1.82, 2.24) is 0 Å². The summed E-state index contributed by atoms with van der Waals surface area (Å²) in [4.78, 5) is 0. The molecule has 0 aromatic carbocycles. The number of unbranched alkanes of at least 4 members (excludes halogenated alkanes) is 3. The molecular formula is C64H105O5P9. The SMILES string of the molecule is CC/C=C\CC(/C=C/C=C\C=C\C(C/C=C\C/C=C\CCC)OP)OPP.CCCCC(OP(P)P)C(/C=C/C=C/C=C/CC#C/C=C/C(C)CC)OPP.CCCCC1CC1/C=C/C=C/C=C\CC#C/C=C/C(CC)OP. The van der Waals surface area contributed by atoms with Crippen LogP contribution in [0.3, 0.4) is 0 Å². The van der Waals surface area contributed by atoms with Crippen molar-refractivity contribution in [3.05, 3.63) is 170 Å². The average Bonchev–Trinajstić information content (AvgIpc) is 4.20. The summed E-state index contributed by atoms with van der Waals surface area (Å²) in [5.41, 5.74) is 0. The van der Waals surface area contributed by atoms with E-state index in [9.17, 15) is 0 Å². The molecule has 1 aliphatic carbocycles. The van der Waals surface area contributed by atoms with Crippen LogP contribution in [0.15, 0.2) is 170 Å². The zero-order valence-corrected chi connectivity index (χ0v) is 58.6. The van der Waals surface area contributed by atoms with Gasteiger partial charge in [-0.15, -0.1) is 0 Å². The Morgan fingerprint density at radius 2 is 1.15 bits per heavy atom. The Kier molecular flexibility index (Phi) is 64.7. The predicted molar refractivity (Wildman–Crippen MR) is 378 cm³/mol. The Morgan fingerprint density at radius 1 is 0.577 bits per heavy atom. The minimum atomic E-state index is -0.569. The van der Waals surface area contributed by atoms with Crippen LogP contribution in [0.1, 0.15) is 158 Å². The summed E-state index contributed by atoms with van der Waals surface area (Å²) in [5, 5.41) is 0. The first-order valence-electron chi connectivity index (χ1n) is 28.3. The highest BCUT2D eigenvalue weighted by Gasteiger charge is 2.33. The van der Waals surface area contributed by atoms with Gasteiger partial charge in [0.1, 0.15) is 6.10 Å². The largest absolute Gasteiger partial charge is 0.358 e. The van der Waals surface area contributed by atoms with E-state index in [0.29, 0.717) is 22.9 Å². The Morgan fingerprint density at radius 3 is 1.73 bits per heavy atom. The van der Waals surface area contributed by atoms with Crippen LogP contribution in [-0.2, 0) is 22.6 Å². The van der Waals surface area contributed by atoms with Gasteiger partial charge in [0.2, 0.25) is 0 Å². The van der Waals surface area contributed by atoms with E-state index in [1.54, 1.807) is 0 Å². The molecule has 0 amide bonds. The molecule has 0 heterocycles. The zero-order valence-electron chi connectivity index (χ0n) is 48.8. The minimum Gasteiger partial charge on any atom is -0.358 e. The van der Waals surface area contributed by atoms with E-state index in [2.05, 4.69) is 230 Å². The van der Waals surface area contributed by atoms with Gasteiger partial charge in [-0.1, -0.05) is 298 Å². The molecular weight excluding hydrogens is 1130 g/mol. The molecule has 16 atom stereocenters. The lowest BCUT2D eigenvalue weighted by atomic mass is 10.1. The highest BCUT2D eigenvalue weighted by Crippen LogP contribution is 2.55. The van der Waals surface area contributed by atoms with Gasteiger partial charge in [0, 0.05) is 48.8 Å². The summed E-state index contributed by atoms with van der Waals surface area (Å²) in [6.07, 6.45) is 77.7. The molecule has 436 valence electrons. The molecule has 78 heavy (non-hydrogen) atoms. The molecule has 1 aliphatic rings. The Hall–Kier alpha value is -0.850. The fourth-order valence-electron chi connectivity index (χ4n) is 6.65. The quantitative estimate of drug-likeness (QED) is 0.0265. The molecule has 0 saturated heterocycles. The van der Waals surface area contributed by atoms with Crippen LogP contribution in [0.5, 0.6) is 0 Å². The third kappa shape index (κ3) is 55.7. The summed E-state index contributed by atoms with van der Waals surface area (Å²) in [6.45, 7) is 15.3. The molecule has 0 aromatic rings. The third-order valence-corrected chi connectivity index (χ3v) is 15.1. The van der Waals surface area contributed by atoms with Gasteiger partial charge in [-0.2, -0.15) is 0 Å². The van der Waals surface area contributed by atoms with Crippen molar-refractivity contribution in [3.63, 3.8) is 0 Å². The van der Waals surface area contributed by atoms with Crippen LogP contribution >= 0.6 is 79.2 Å². The summed E-state index contributed by atoms with van der Waals surface area (Å²) < 4.78 is 28.3. The van der Waals surface area contributed by atoms with Gasteiger partial charge >= 0.3 is 0 Å². The number of rotatable bonds is 40. The van der Waals surface area contributed by atoms with E-state index in [-0.39, 0.29) is 30.5 Å². The van der Waals surface area contributed by atoms with Gasteiger partial charge in [-0.05, 0) is 93.8 Å². The molecule has 0 radical (unpaired) electrons. The van der Waals surface area contributed by atoms with E-state index in [1.165, 1.54) is 32.1 Å². The highest BCUT2D eigenvalue weighted by atomic mass is 32.4. The van der Waals surface area contributed by atoms with Gasteiger partial charge in [-0.25, -0.2) is 0 Å². The first kappa shape index (κ1) is 79.2. The highest BCUT2D eigenvalue weighted by molar-refractivity contribution is 8.41. The van der Waals surface area contributed by atoms with Crippen LogP contribution in [0.2, 0.25) is 0 Å². The molecule has 0 bridgehead atoms. The molecule has 1 saturated carbocycles. The normalized spacial score (nSPS) is 17.9. The second-order valence-corrected chi connectivity index (χ2v) is 26.9. The van der Waals surface area contributed by atoms with E-state index in [4.69, 9.17) is 22.6 Å². The first-order valence-corrected chi connectivity index (χ1v) is 39.2. The molecule has 1 rings (SSSR count). The van der Waals surface area contributed by atoms with Crippen molar-refractivity contribution in [2.45, 2.75) is 188 Å². The number of hydrogen-bond donors (Lipinski definition) is 0. The molecule has 0 N–H and O–H groups in total. The smallest absolute Gasteiger partial charge is 0.107 e. The van der Waals surface area contributed by atoms with Crippen molar-refractivity contribution in [3.8, 4) is 23.7 Å². The summed E-state index contributed by atoms with van der Waals surface area (Å²) in [7, 11) is 15.6. The lowest BCUT2D eigenvalue weighted by molar-refractivity contribution is 0.102. The van der Waals surface area contributed by atoms with Gasteiger partial charge in [-0.3, -0.25) is 0 Å². The van der Waals surface area contributed by atoms with E-state index in [0.717, 1.165) is 88.9 Å². The van der Waals surface area contributed by atoms with E-state index >= 15 is 0 Å². The first-order chi connectivity index (χ1) is 38.1. The lowest BCUT2D eigenvalue weighted by Gasteiger charge is -2.26. The van der Waals surface area contributed by atoms with Crippen LogP contribution in [0, 0.1) is 41.4 Å². The Bertz CT molecular complexity index is 1950. The van der Waals surface area contributed by atoms with Crippen molar-refractivity contribution in [2.24, 2.45) is 17.8 Å². The monoisotopic (exact) mass is 1230 g/mol. The second kappa shape index (κ2) is 63.7. The Balaban J connectivity index is 0. The maximum Gasteiger partial charge on any atom is 0.107 e. The van der Waals surface area contributed by atoms with Gasteiger partial charge < -0.3 is 22.6 Å². The van der Waals surface area contributed by atoms with Crippen molar-refractivity contribution in [2.75, 3.05) is 0 Å². The van der Waals surface area contributed by atoms with Crippen molar-refractivity contribution >= 4 is 79.2 Å². The van der Waals surface area contributed by atoms with E-state index in [1.807, 2.05) is 66.8 Å². The van der Waals surface area contributed by atoms with E-state index < -0.39 is 7.53 Å². The Labute approximate surface area is 498 Å². The lowest BCUT2D eigenvalue weighted by Crippen LogP contribution is -2.26. The second-order valence-electron chi connectivity index (χ2n) is 18.2. The molecule has 5 nitrogen and oxygen atoms in total. The summed E-state index contributed by atoms with van der Waals surface area (Å²) in [6, 6.07) is 0. The van der Waals surface area contributed by atoms with Crippen LogP contribution in [0.4, 0.5) is 0 Å². The van der Waals surface area contributed by atoms with Gasteiger partial charge in [0.05, 0.1) is 31.9 Å². The summed E-state index contributed by atoms with van der Waals surface area (Å²) in [5.74, 6) is 14.7. The number of hydrogen-bond acceptors (Lipinski definition) is 5. The van der Waals surface area contributed by atoms with Crippen LogP contribution in [-0.4, -0.2) is 30.5 Å². The van der Waals surface area contributed by atoms with Crippen molar-refractivity contribution < 1.29 is 22.6 Å². The molecule has 16 unspecified atom stereocenters. The molecule has 0 aromatic heterocycles. The minimum absolute atomic E-state index is 0.0229. The molecule has 1 fully saturated rings. The topological polar surface area (TPSA) is 46.2 Å². The standard InChI is InChI=1S/C22H37O2P3.C21H37O2P5.C21H31OP/c1-3-5-7-8-9-10-14-17-21(23-25)18-15-11-12-16-20-22(24-27-26)19-13-6-4-2;1-4-6-17-21(23-28(25)26)20(22-27-24)18-15-13-11-9-7-8-10-12-14-16-19(3)5-2;1-3-5-15-19-18-20(19)16-13-11-9-7-6-8-10-12-14-17-21(4-2)22-23/h6-8,10-16,18,20-22,27H,3-5,9,17,19,25-26H2,1-2H3;7,9,11,13-16,18-21,27H,4-6,8,17,24-26H2,1-3H3;6-7,9,11,13-14,16-17,19-21H,3-5,8,15,18,23H2,1-2H3/b8-7-,12-11-,13-6-,14-10-,18-15+,20-16+;9-7+,13-11+,16-14+,18-15+;7-6-,11-9+,16-13+,17-14+.